The van der Waals surface area contributed by atoms with Crippen LogP contribution in [0.3, 0.4) is 0 Å². The Balaban J connectivity index is 1.68. The minimum absolute atomic E-state index is 0.573. The predicted octanol–water partition coefficient (Wildman–Crippen LogP) is 4.43. The summed E-state index contributed by atoms with van der Waals surface area (Å²) in [6.45, 7) is 7.61. The number of hydrogen-bond acceptors (Lipinski definition) is 4. The molecule has 2 heterocycles. The van der Waals surface area contributed by atoms with Crippen LogP contribution in [-0.4, -0.2) is 54.3 Å². The summed E-state index contributed by atoms with van der Waals surface area (Å²) in [7, 11) is 0. The van der Waals surface area contributed by atoms with Crippen LogP contribution in [0.15, 0.2) is 34.7 Å². The predicted molar refractivity (Wildman–Crippen MR) is 114 cm³/mol. The molecule has 1 aromatic heterocycles. The topological polar surface area (TPSA) is 40.9 Å². The number of anilines is 1. The number of ether oxygens (including phenoxy) is 1. The van der Waals surface area contributed by atoms with Crippen LogP contribution in [0.2, 0.25) is 10.0 Å². The van der Waals surface area contributed by atoms with Gasteiger partial charge in [-0.15, -0.1) is 0 Å². The fourth-order valence-electron chi connectivity index (χ4n) is 2.89. The van der Waals surface area contributed by atoms with Gasteiger partial charge in [-0.05, 0) is 49.5 Å². The molecule has 0 bridgehead atoms. The van der Waals surface area contributed by atoms with Gasteiger partial charge >= 0.3 is 0 Å². The number of halogens is 2. The van der Waals surface area contributed by atoms with Gasteiger partial charge in [0.05, 0.1) is 30.5 Å². The number of furan rings is 1. The summed E-state index contributed by atoms with van der Waals surface area (Å²) in [5.41, 5.74) is 0.696. The molecule has 5 nitrogen and oxygen atoms in total. The standard InChI is InChI=1S/C19H23Cl2N3O2S/c1-14-2-4-16(26-14)13-24(7-6-23-8-10-25-11-9-23)19(27)22-18-12-15(20)3-5-17(18)21/h2-5,12H,6-11,13H2,1H3,(H,22,27). The lowest BCUT2D eigenvalue weighted by molar-refractivity contribution is 0.0356. The highest BCUT2D eigenvalue weighted by Gasteiger charge is 2.17. The van der Waals surface area contributed by atoms with Crippen LogP contribution in [0.25, 0.3) is 0 Å². The molecule has 27 heavy (non-hydrogen) atoms. The third-order valence-electron chi connectivity index (χ3n) is 4.39. The lowest BCUT2D eigenvalue weighted by Gasteiger charge is -2.31. The zero-order valence-corrected chi connectivity index (χ0v) is 17.5. The molecule has 8 heteroatoms. The maximum absolute atomic E-state index is 6.27. The van der Waals surface area contributed by atoms with E-state index in [1.165, 1.54) is 0 Å². The van der Waals surface area contributed by atoms with Crippen molar-refractivity contribution in [3.63, 3.8) is 0 Å². The van der Waals surface area contributed by atoms with E-state index >= 15 is 0 Å². The van der Waals surface area contributed by atoms with E-state index in [9.17, 15) is 0 Å². The van der Waals surface area contributed by atoms with E-state index in [4.69, 9.17) is 44.6 Å². The fraction of sp³-hybridized carbons (Fsp3) is 0.421. The van der Waals surface area contributed by atoms with Crippen LogP contribution >= 0.6 is 35.4 Å². The molecule has 1 aromatic carbocycles. The SMILES string of the molecule is Cc1ccc(CN(CCN2CCOCC2)C(=S)Nc2cc(Cl)ccc2Cl)o1. The molecule has 1 aliphatic heterocycles. The van der Waals surface area contributed by atoms with Crippen molar-refractivity contribution in [3.05, 3.63) is 51.9 Å². The van der Waals surface area contributed by atoms with E-state index in [1.807, 2.05) is 19.1 Å². The summed E-state index contributed by atoms with van der Waals surface area (Å²) in [6, 6.07) is 9.21. The summed E-state index contributed by atoms with van der Waals surface area (Å²) in [4.78, 5) is 4.46. The first-order valence-electron chi connectivity index (χ1n) is 8.87. The summed E-state index contributed by atoms with van der Waals surface area (Å²) >= 11 is 18.0. The summed E-state index contributed by atoms with van der Waals surface area (Å²) in [5.74, 6) is 1.76. The van der Waals surface area contributed by atoms with E-state index in [0.717, 1.165) is 50.9 Å². The maximum atomic E-state index is 6.27. The first-order chi connectivity index (χ1) is 13.0. The second-order valence-corrected chi connectivity index (χ2v) is 7.67. The van der Waals surface area contributed by atoms with Gasteiger partial charge < -0.3 is 19.4 Å². The number of hydrogen-bond donors (Lipinski definition) is 1. The Morgan fingerprint density at radius 1 is 1.22 bits per heavy atom. The molecule has 2 aromatic rings. The van der Waals surface area contributed by atoms with Crippen molar-refractivity contribution >= 4 is 46.2 Å². The third-order valence-corrected chi connectivity index (χ3v) is 5.31. The van der Waals surface area contributed by atoms with E-state index in [1.54, 1.807) is 18.2 Å². The first kappa shape index (κ1) is 20.4. The van der Waals surface area contributed by atoms with Gasteiger partial charge in [-0.25, -0.2) is 0 Å². The molecular formula is C19H23Cl2N3O2S. The van der Waals surface area contributed by atoms with E-state index < -0.39 is 0 Å². The highest BCUT2D eigenvalue weighted by atomic mass is 35.5. The van der Waals surface area contributed by atoms with Gasteiger partial charge in [-0.1, -0.05) is 23.2 Å². The average Bonchev–Trinajstić information content (AvgIpc) is 3.07. The lowest BCUT2D eigenvalue weighted by atomic mass is 10.3. The number of morpholine rings is 1. The van der Waals surface area contributed by atoms with Crippen molar-refractivity contribution in [2.45, 2.75) is 13.5 Å². The summed E-state index contributed by atoms with van der Waals surface area (Å²) in [5, 5.41) is 4.98. The summed E-state index contributed by atoms with van der Waals surface area (Å²) < 4.78 is 11.2. The molecule has 1 fully saturated rings. The molecule has 0 saturated carbocycles. The van der Waals surface area contributed by atoms with Crippen molar-refractivity contribution in [3.8, 4) is 0 Å². The van der Waals surface area contributed by atoms with Crippen LogP contribution in [0.5, 0.6) is 0 Å². The smallest absolute Gasteiger partial charge is 0.173 e. The molecule has 0 aliphatic carbocycles. The number of aryl methyl sites for hydroxylation is 1. The van der Waals surface area contributed by atoms with E-state index in [0.29, 0.717) is 27.4 Å². The van der Waals surface area contributed by atoms with Crippen LogP contribution in [-0.2, 0) is 11.3 Å². The van der Waals surface area contributed by atoms with Crippen molar-refractivity contribution in [1.82, 2.24) is 9.80 Å². The Morgan fingerprint density at radius 3 is 2.70 bits per heavy atom. The highest BCUT2D eigenvalue weighted by Crippen LogP contribution is 2.26. The summed E-state index contributed by atoms with van der Waals surface area (Å²) in [6.07, 6.45) is 0. The Morgan fingerprint density at radius 2 is 2.00 bits per heavy atom. The van der Waals surface area contributed by atoms with Crippen LogP contribution < -0.4 is 5.32 Å². The molecular weight excluding hydrogens is 405 g/mol. The Hall–Kier alpha value is -1.31. The Kier molecular flexibility index (Phi) is 7.38. The van der Waals surface area contributed by atoms with E-state index in [2.05, 4.69) is 15.1 Å². The fourth-order valence-corrected chi connectivity index (χ4v) is 3.49. The Labute approximate surface area is 175 Å². The van der Waals surface area contributed by atoms with Gasteiger partial charge in [0, 0.05) is 31.2 Å². The second kappa shape index (κ2) is 9.75. The van der Waals surface area contributed by atoms with E-state index in [-0.39, 0.29) is 0 Å². The van der Waals surface area contributed by atoms with Crippen LogP contribution in [0.1, 0.15) is 11.5 Å². The van der Waals surface area contributed by atoms with Gasteiger partial charge in [0.15, 0.2) is 5.11 Å². The molecule has 0 spiro atoms. The number of rotatable bonds is 6. The molecule has 1 saturated heterocycles. The number of thiocarbonyl (C=S) groups is 1. The molecule has 0 atom stereocenters. The highest BCUT2D eigenvalue weighted by molar-refractivity contribution is 7.80. The Bertz CT molecular complexity index is 778. The minimum Gasteiger partial charge on any atom is -0.464 e. The molecule has 1 aliphatic rings. The molecule has 0 amide bonds. The zero-order valence-electron chi connectivity index (χ0n) is 15.2. The average molecular weight is 428 g/mol. The zero-order chi connectivity index (χ0) is 19.2. The number of nitrogens with zero attached hydrogens (tertiary/aromatic N) is 2. The largest absolute Gasteiger partial charge is 0.464 e. The van der Waals surface area contributed by atoms with Crippen molar-refractivity contribution in [1.29, 1.82) is 0 Å². The van der Waals surface area contributed by atoms with Gasteiger partial charge in [0.2, 0.25) is 0 Å². The number of nitrogens with one attached hydrogen (secondary N) is 1. The normalized spacial score (nSPS) is 14.9. The van der Waals surface area contributed by atoms with Crippen LogP contribution in [0.4, 0.5) is 5.69 Å². The monoisotopic (exact) mass is 427 g/mol. The molecule has 0 unspecified atom stereocenters. The van der Waals surface area contributed by atoms with Gasteiger partial charge in [-0.2, -0.15) is 0 Å². The molecule has 1 N–H and O–H groups in total. The van der Waals surface area contributed by atoms with Crippen molar-refractivity contribution in [2.75, 3.05) is 44.7 Å². The lowest BCUT2D eigenvalue weighted by Crippen LogP contribution is -2.43. The van der Waals surface area contributed by atoms with Gasteiger partial charge in [0.1, 0.15) is 11.5 Å². The van der Waals surface area contributed by atoms with Crippen LogP contribution in [0, 0.1) is 6.92 Å². The van der Waals surface area contributed by atoms with Gasteiger partial charge in [-0.3, -0.25) is 4.90 Å². The maximum Gasteiger partial charge on any atom is 0.173 e. The number of benzene rings is 1. The van der Waals surface area contributed by atoms with Crippen molar-refractivity contribution < 1.29 is 9.15 Å². The quantitative estimate of drug-likeness (QED) is 0.687. The molecule has 0 radical (unpaired) electrons. The minimum atomic E-state index is 0.573. The second-order valence-electron chi connectivity index (χ2n) is 6.44. The third kappa shape index (κ3) is 6.09. The van der Waals surface area contributed by atoms with Crippen molar-refractivity contribution in [2.24, 2.45) is 0 Å². The molecule has 146 valence electrons. The first-order valence-corrected chi connectivity index (χ1v) is 10.0. The van der Waals surface area contributed by atoms with Gasteiger partial charge in [0.25, 0.3) is 0 Å². The molecule has 3 rings (SSSR count).